The van der Waals surface area contributed by atoms with Gasteiger partial charge in [0.05, 0.1) is 5.56 Å². The van der Waals surface area contributed by atoms with E-state index in [2.05, 4.69) is 26.8 Å². The topological polar surface area (TPSA) is 78.2 Å². The predicted molar refractivity (Wildman–Crippen MR) is 73.0 cm³/mol. The Balaban J connectivity index is 2.22. The van der Waals surface area contributed by atoms with Crippen LogP contribution in [-0.4, -0.2) is 48.1 Å². The third kappa shape index (κ3) is 2.64. The van der Waals surface area contributed by atoms with E-state index in [1.807, 2.05) is 6.92 Å². The molecule has 0 saturated carbocycles. The second-order valence-electron chi connectivity index (χ2n) is 4.79. The van der Waals surface area contributed by atoms with E-state index in [1.165, 1.54) is 0 Å². The normalized spacial score (nSPS) is 17.1. The Kier molecular flexibility index (Phi) is 3.86. The highest BCUT2D eigenvalue weighted by Gasteiger charge is 2.17. The van der Waals surface area contributed by atoms with Crippen molar-refractivity contribution in [2.45, 2.75) is 19.8 Å². The number of rotatable bonds is 3. The summed E-state index contributed by atoms with van der Waals surface area (Å²) < 4.78 is 0. The van der Waals surface area contributed by atoms with Gasteiger partial charge in [0.2, 0.25) is 5.95 Å². The van der Waals surface area contributed by atoms with Crippen molar-refractivity contribution >= 4 is 11.8 Å². The minimum atomic E-state index is -0.0988. The molecule has 2 heterocycles. The molecule has 1 saturated heterocycles. The summed E-state index contributed by atoms with van der Waals surface area (Å²) in [6.45, 7) is 5.70. The minimum absolute atomic E-state index is 0.0988. The van der Waals surface area contributed by atoms with E-state index >= 15 is 0 Å². The standard InChI is InChI=1S/C12H21N5O/c1-3-4-9-10(13)14-12(15-11(9)18)17-7-5-16(2)6-8-17/h3-8H2,1-2H3,(H3,13,14,15,18). The molecule has 1 fully saturated rings. The molecule has 0 aromatic carbocycles. The molecular formula is C12H21N5O. The zero-order valence-electron chi connectivity index (χ0n) is 11.1. The van der Waals surface area contributed by atoms with Gasteiger partial charge in [-0.15, -0.1) is 0 Å². The number of H-pyrrole nitrogens is 1. The van der Waals surface area contributed by atoms with Crippen molar-refractivity contribution in [1.29, 1.82) is 0 Å². The number of nitrogens with zero attached hydrogens (tertiary/aromatic N) is 3. The predicted octanol–water partition coefficient (Wildman–Crippen LogP) is 0.0564. The molecule has 1 aromatic heterocycles. The minimum Gasteiger partial charge on any atom is -0.383 e. The van der Waals surface area contributed by atoms with E-state index in [0.717, 1.165) is 32.6 Å². The SMILES string of the molecule is CCCc1c(N)nc(N2CCN(C)CC2)[nH]c1=O. The highest BCUT2D eigenvalue weighted by molar-refractivity contribution is 5.44. The number of hydrogen-bond donors (Lipinski definition) is 2. The fourth-order valence-electron chi connectivity index (χ4n) is 2.16. The molecule has 0 radical (unpaired) electrons. The molecule has 6 nitrogen and oxygen atoms in total. The van der Waals surface area contributed by atoms with Gasteiger partial charge < -0.3 is 15.5 Å². The van der Waals surface area contributed by atoms with Crippen LogP contribution in [0.2, 0.25) is 0 Å². The van der Waals surface area contributed by atoms with E-state index in [0.29, 0.717) is 23.8 Å². The Labute approximate surface area is 107 Å². The Bertz CT molecular complexity index is 462. The summed E-state index contributed by atoms with van der Waals surface area (Å²) in [5, 5.41) is 0. The number of nitrogens with two attached hydrogens (primary N) is 1. The van der Waals surface area contributed by atoms with Crippen molar-refractivity contribution in [1.82, 2.24) is 14.9 Å². The molecule has 18 heavy (non-hydrogen) atoms. The van der Waals surface area contributed by atoms with Gasteiger partial charge in [0.15, 0.2) is 0 Å². The van der Waals surface area contributed by atoms with Crippen LogP contribution in [0, 0.1) is 0 Å². The number of anilines is 2. The molecule has 0 bridgehead atoms. The van der Waals surface area contributed by atoms with Gasteiger partial charge >= 0.3 is 0 Å². The van der Waals surface area contributed by atoms with Crippen LogP contribution in [0.1, 0.15) is 18.9 Å². The first-order valence-electron chi connectivity index (χ1n) is 6.44. The second kappa shape index (κ2) is 5.39. The molecule has 1 aromatic rings. The van der Waals surface area contributed by atoms with Crippen LogP contribution in [0.3, 0.4) is 0 Å². The zero-order chi connectivity index (χ0) is 13.1. The summed E-state index contributed by atoms with van der Waals surface area (Å²) in [7, 11) is 2.09. The van der Waals surface area contributed by atoms with Crippen molar-refractivity contribution in [2.24, 2.45) is 0 Å². The van der Waals surface area contributed by atoms with E-state index in [9.17, 15) is 4.79 Å². The van der Waals surface area contributed by atoms with Gasteiger partial charge in [-0.2, -0.15) is 4.98 Å². The van der Waals surface area contributed by atoms with Crippen LogP contribution in [-0.2, 0) is 6.42 Å². The van der Waals surface area contributed by atoms with Crippen molar-refractivity contribution in [3.8, 4) is 0 Å². The number of hydrogen-bond acceptors (Lipinski definition) is 5. The van der Waals surface area contributed by atoms with Gasteiger partial charge in [-0.05, 0) is 13.5 Å². The number of piperazine rings is 1. The van der Waals surface area contributed by atoms with Crippen molar-refractivity contribution in [2.75, 3.05) is 43.9 Å². The van der Waals surface area contributed by atoms with Gasteiger partial charge in [-0.25, -0.2) is 0 Å². The van der Waals surface area contributed by atoms with E-state index in [4.69, 9.17) is 5.73 Å². The molecule has 0 amide bonds. The Morgan fingerprint density at radius 2 is 2.00 bits per heavy atom. The maximum Gasteiger partial charge on any atom is 0.257 e. The fraction of sp³-hybridized carbons (Fsp3) is 0.667. The van der Waals surface area contributed by atoms with Gasteiger partial charge in [0, 0.05) is 26.2 Å². The molecule has 2 rings (SSSR count). The molecule has 0 atom stereocenters. The second-order valence-corrected chi connectivity index (χ2v) is 4.79. The first kappa shape index (κ1) is 12.9. The van der Waals surface area contributed by atoms with Crippen LogP contribution in [0.25, 0.3) is 0 Å². The molecule has 0 aliphatic carbocycles. The molecule has 100 valence electrons. The average Bonchev–Trinajstić information content (AvgIpc) is 2.34. The third-order valence-electron chi connectivity index (χ3n) is 3.34. The summed E-state index contributed by atoms with van der Waals surface area (Å²) in [5.74, 6) is 0.972. The Hall–Kier alpha value is -1.56. The summed E-state index contributed by atoms with van der Waals surface area (Å²) in [4.78, 5) is 23.5. The zero-order valence-corrected chi connectivity index (χ0v) is 11.1. The maximum atomic E-state index is 11.9. The number of likely N-dealkylation sites (N-methyl/N-ethyl adjacent to an activating group) is 1. The molecular weight excluding hydrogens is 230 g/mol. The number of aromatic nitrogens is 2. The smallest absolute Gasteiger partial charge is 0.257 e. The molecule has 0 spiro atoms. The largest absolute Gasteiger partial charge is 0.383 e. The summed E-state index contributed by atoms with van der Waals surface area (Å²) >= 11 is 0. The van der Waals surface area contributed by atoms with E-state index < -0.39 is 0 Å². The highest BCUT2D eigenvalue weighted by Crippen LogP contribution is 2.13. The molecule has 3 N–H and O–H groups in total. The third-order valence-corrected chi connectivity index (χ3v) is 3.34. The van der Waals surface area contributed by atoms with Crippen LogP contribution in [0.5, 0.6) is 0 Å². The van der Waals surface area contributed by atoms with E-state index in [-0.39, 0.29) is 5.56 Å². The molecule has 1 aliphatic heterocycles. The maximum absolute atomic E-state index is 11.9. The van der Waals surface area contributed by atoms with Gasteiger partial charge in [-0.1, -0.05) is 13.3 Å². The lowest BCUT2D eigenvalue weighted by Crippen LogP contribution is -2.45. The van der Waals surface area contributed by atoms with Crippen molar-refractivity contribution < 1.29 is 0 Å². The Morgan fingerprint density at radius 3 is 2.56 bits per heavy atom. The number of aromatic amines is 1. The number of nitrogen functional groups attached to an aromatic ring is 1. The van der Waals surface area contributed by atoms with E-state index in [1.54, 1.807) is 0 Å². The van der Waals surface area contributed by atoms with Crippen molar-refractivity contribution in [3.63, 3.8) is 0 Å². The molecule has 6 heteroatoms. The van der Waals surface area contributed by atoms with Crippen LogP contribution >= 0.6 is 0 Å². The first-order chi connectivity index (χ1) is 8.61. The first-order valence-corrected chi connectivity index (χ1v) is 6.44. The molecule has 1 aliphatic rings. The quantitative estimate of drug-likeness (QED) is 0.794. The lowest BCUT2D eigenvalue weighted by Gasteiger charge is -2.32. The van der Waals surface area contributed by atoms with Gasteiger partial charge in [-0.3, -0.25) is 9.78 Å². The average molecular weight is 251 g/mol. The monoisotopic (exact) mass is 251 g/mol. The number of nitrogens with one attached hydrogen (secondary N) is 1. The van der Waals surface area contributed by atoms with Gasteiger partial charge in [0.1, 0.15) is 5.82 Å². The highest BCUT2D eigenvalue weighted by atomic mass is 16.1. The van der Waals surface area contributed by atoms with Crippen LogP contribution in [0.4, 0.5) is 11.8 Å². The lowest BCUT2D eigenvalue weighted by molar-refractivity contribution is 0.311. The summed E-state index contributed by atoms with van der Waals surface area (Å²) in [6, 6.07) is 0. The lowest BCUT2D eigenvalue weighted by atomic mass is 10.2. The van der Waals surface area contributed by atoms with Crippen molar-refractivity contribution in [3.05, 3.63) is 15.9 Å². The van der Waals surface area contributed by atoms with Crippen LogP contribution < -0.4 is 16.2 Å². The Morgan fingerprint density at radius 1 is 1.33 bits per heavy atom. The summed E-state index contributed by atoms with van der Waals surface area (Å²) in [6.07, 6.45) is 1.57. The fourth-order valence-corrected chi connectivity index (χ4v) is 2.16. The molecule has 0 unspecified atom stereocenters. The summed E-state index contributed by atoms with van der Waals surface area (Å²) in [5.41, 5.74) is 6.38. The van der Waals surface area contributed by atoms with Crippen LogP contribution in [0.15, 0.2) is 4.79 Å². The van der Waals surface area contributed by atoms with Gasteiger partial charge in [0.25, 0.3) is 5.56 Å².